The Morgan fingerprint density at radius 3 is 3.00 bits per heavy atom. The van der Waals surface area contributed by atoms with Crippen molar-refractivity contribution in [2.45, 2.75) is 19.3 Å². The Bertz CT molecular complexity index is 205. The number of hydrogen-bond donors (Lipinski definition) is 1. The van der Waals surface area contributed by atoms with Gasteiger partial charge in [0.15, 0.2) is 0 Å². The summed E-state index contributed by atoms with van der Waals surface area (Å²) < 4.78 is 5.25. The van der Waals surface area contributed by atoms with Crippen molar-refractivity contribution in [3.05, 3.63) is 0 Å². The van der Waals surface area contributed by atoms with E-state index in [2.05, 4.69) is 5.10 Å². The Labute approximate surface area is 77.5 Å². The highest BCUT2D eigenvalue weighted by Crippen LogP contribution is 2.05. The van der Waals surface area contributed by atoms with E-state index >= 15 is 0 Å². The molecule has 0 saturated carbocycles. The van der Waals surface area contributed by atoms with Crippen LogP contribution in [0.25, 0.3) is 0 Å². The summed E-state index contributed by atoms with van der Waals surface area (Å²) in [6, 6.07) is -0.530. The van der Waals surface area contributed by atoms with Gasteiger partial charge in [0.1, 0.15) is 0 Å². The van der Waals surface area contributed by atoms with E-state index in [9.17, 15) is 4.79 Å². The molecule has 0 aliphatic carbocycles. The van der Waals surface area contributed by atoms with E-state index in [-0.39, 0.29) is 0 Å². The van der Waals surface area contributed by atoms with Crippen molar-refractivity contribution in [1.29, 1.82) is 0 Å². The summed E-state index contributed by atoms with van der Waals surface area (Å²) in [6.07, 6.45) is 2.64. The molecule has 1 aliphatic rings. The minimum atomic E-state index is -0.530. The number of rotatable bonds is 1. The molecule has 0 spiro atoms. The van der Waals surface area contributed by atoms with Gasteiger partial charge in [0.05, 0.1) is 6.61 Å². The van der Waals surface area contributed by atoms with Gasteiger partial charge in [0.25, 0.3) is 0 Å². The first-order chi connectivity index (χ1) is 6.20. The van der Waals surface area contributed by atoms with Gasteiger partial charge in [-0.25, -0.2) is 9.80 Å². The van der Waals surface area contributed by atoms with Gasteiger partial charge < -0.3 is 10.5 Å². The van der Waals surface area contributed by atoms with Crippen molar-refractivity contribution in [3.63, 3.8) is 0 Å². The second kappa shape index (κ2) is 4.81. The van der Waals surface area contributed by atoms with Crippen molar-refractivity contribution in [2.75, 3.05) is 20.3 Å². The van der Waals surface area contributed by atoms with E-state index in [0.717, 1.165) is 31.6 Å². The molecule has 5 heteroatoms. The van der Waals surface area contributed by atoms with Gasteiger partial charge in [-0.3, -0.25) is 0 Å². The van der Waals surface area contributed by atoms with Crippen LogP contribution >= 0.6 is 0 Å². The zero-order valence-electron chi connectivity index (χ0n) is 7.82. The maximum atomic E-state index is 10.7. The molecule has 74 valence electrons. The number of nitrogens with zero attached hydrogens (tertiary/aromatic N) is 2. The van der Waals surface area contributed by atoms with Crippen molar-refractivity contribution in [1.82, 2.24) is 5.01 Å². The Hall–Kier alpha value is -1.10. The van der Waals surface area contributed by atoms with Gasteiger partial charge in [-0.05, 0) is 12.8 Å². The molecule has 0 unspecified atom stereocenters. The fourth-order valence-corrected chi connectivity index (χ4v) is 1.16. The SMILES string of the molecule is CN(/N=C1\CCCOCC1)C(N)=O. The van der Waals surface area contributed by atoms with E-state index in [1.54, 1.807) is 7.05 Å². The molecule has 13 heavy (non-hydrogen) atoms. The molecule has 1 fully saturated rings. The molecule has 2 amide bonds. The maximum Gasteiger partial charge on any atom is 0.334 e. The van der Waals surface area contributed by atoms with Gasteiger partial charge >= 0.3 is 6.03 Å². The summed E-state index contributed by atoms with van der Waals surface area (Å²) in [5.41, 5.74) is 6.03. The van der Waals surface area contributed by atoms with Crippen molar-refractivity contribution < 1.29 is 9.53 Å². The van der Waals surface area contributed by atoms with Crippen LogP contribution < -0.4 is 5.73 Å². The van der Waals surface area contributed by atoms with Gasteiger partial charge in [-0.15, -0.1) is 0 Å². The third kappa shape index (κ3) is 3.42. The zero-order chi connectivity index (χ0) is 9.68. The molecule has 1 saturated heterocycles. The van der Waals surface area contributed by atoms with Crippen LogP contribution in [-0.4, -0.2) is 37.0 Å². The van der Waals surface area contributed by atoms with Crippen molar-refractivity contribution in [3.8, 4) is 0 Å². The Morgan fingerprint density at radius 2 is 2.31 bits per heavy atom. The number of hydrazone groups is 1. The lowest BCUT2D eigenvalue weighted by molar-refractivity contribution is 0.147. The molecule has 1 aliphatic heterocycles. The van der Waals surface area contributed by atoms with Crippen LogP contribution in [0.4, 0.5) is 4.79 Å². The zero-order valence-corrected chi connectivity index (χ0v) is 7.82. The van der Waals surface area contributed by atoms with Gasteiger partial charge in [0, 0.05) is 25.8 Å². The fraction of sp³-hybridized carbons (Fsp3) is 0.750. The number of hydrogen-bond acceptors (Lipinski definition) is 3. The molecule has 0 radical (unpaired) electrons. The van der Waals surface area contributed by atoms with E-state index in [1.807, 2.05) is 0 Å². The lowest BCUT2D eigenvalue weighted by Gasteiger charge is -2.09. The topological polar surface area (TPSA) is 67.9 Å². The molecule has 1 heterocycles. The van der Waals surface area contributed by atoms with E-state index in [4.69, 9.17) is 10.5 Å². The van der Waals surface area contributed by atoms with Crippen LogP contribution in [-0.2, 0) is 4.74 Å². The number of nitrogens with two attached hydrogens (primary N) is 1. The molecular weight excluding hydrogens is 170 g/mol. The number of ether oxygens (including phenoxy) is 1. The maximum absolute atomic E-state index is 10.7. The highest BCUT2D eigenvalue weighted by molar-refractivity contribution is 5.86. The average molecular weight is 185 g/mol. The van der Waals surface area contributed by atoms with Crippen LogP contribution in [0.2, 0.25) is 0 Å². The second-order valence-electron chi connectivity index (χ2n) is 2.99. The molecule has 0 aromatic heterocycles. The van der Waals surface area contributed by atoms with Crippen LogP contribution in [0.15, 0.2) is 5.10 Å². The van der Waals surface area contributed by atoms with E-state index < -0.39 is 6.03 Å². The summed E-state index contributed by atoms with van der Waals surface area (Å²) in [6.45, 7) is 1.46. The molecule has 0 aromatic rings. The molecule has 1 rings (SSSR count). The highest BCUT2D eigenvalue weighted by atomic mass is 16.5. The first-order valence-corrected chi connectivity index (χ1v) is 4.37. The minimum Gasteiger partial charge on any atom is -0.381 e. The first-order valence-electron chi connectivity index (χ1n) is 4.37. The van der Waals surface area contributed by atoms with Crippen molar-refractivity contribution >= 4 is 11.7 Å². The quantitative estimate of drug-likeness (QED) is 0.606. The lowest BCUT2D eigenvalue weighted by Crippen LogP contribution is -2.28. The average Bonchev–Trinajstić information content (AvgIpc) is 2.32. The van der Waals surface area contributed by atoms with Gasteiger partial charge in [-0.1, -0.05) is 0 Å². The summed E-state index contributed by atoms with van der Waals surface area (Å²) >= 11 is 0. The second-order valence-corrected chi connectivity index (χ2v) is 2.99. The molecule has 0 atom stereocenters. The third-order valence-corrected chi connectivity index (χ3v) is 1.90. The minimum absolute atomic E-state index is 0.530. The van der Waals surface area contributed by atoms with Crippen LogP contribution in [0.5, 0.6) is 0 Å². The van der Waals surface area contributed by atoms with E-state index in [0.29, 0.717) is 6.61 Å². The number of urea groups is 1. The smallest absolute Gasteiger partial charge is 0.334 e. The van der Waals surface area contributed by atoms with E-state index in [1.165, 1.54) is 5.01 Å². The highest BCUT2D eigenvalue weighted by Gasteiger charge is 2.08. The Kier molecular flexibility index (Phi) is 3.70. The molecule has 2 N–H and O–H groups in total. The Morgan fingerprint density at radius 1 is 1.54 bits per heavy atom. The first kappa shape index (κ1) is 9.98. The number of carbonyl (C=O) groups excluding carboxylic acids is 1. The van der Waals surface area contributed by atoms with Gasteiger partial charge in [-0.2, -0.15) is 5.10 Å². The van der Waals surface area contributed by atoms with Crippen molar-refractivity contribution in [2.24, 2.45) is 10.8 Å². The monoisotopic (exact) mass is 185 g/mol. The lowest BCUT2D eigenvalue weighted by atomic mass is 10.2. The summed E-state index contributed by atoms with van der Waals surface area (Å²) in [4.78, 5) is 10.7. The molecule has 0 aromatic carbocycles. The predicted octanol–water partition coefficient (Wildman–Crippen LogP) is 0.553. The fourth-order valence-electron chi connectivity index (χ4n) is 1.16. The number of primary amides is 1. The van der Waals surface area contributed by atoms with Crippen LogP contribution in [0.1, 0.15) is 19.3 Å². The van der Waals surface area contributed by atoms with Crippen LogP contribution in [0.3, 0.4) is 0 Å². The summed E-state index contributed by atoms with van der Waals surface area (Å²) in [5, 5.41) is 5.26. The molecular formula is C8H15N3O2. The number of amides is 2. The van der Waals surface area contributed by atoms with Gasteiger partial charge in [0.2, 0.25) is 0 Å². The van der Waals surface area contributed by atoms with Crippen LogP contribution in [0, 0.1) is 0 Å². The largest absolute Gasteiger partial charge is 0.381 e. The third-order valence-electron chi connectivity index (χ3n) is 1.90. The molecule has 0 bridgehead atoms. The Balaban J connectivity index is 2.52. The summed E-state index contributed by atoms with van der Waals surface area (Å²) in [5.74, 6) is 0. The standard InChI is InChI=1S/C8H15N3O2/c1-11(8(9)12)10-7-3-2-5-13-6-4-7/h2-6H2,1H3,(H2,9,12)/b10-7+. The number of carbonyl (C=O) groups is 1. The summed E-state index contributed by atoms with van der Waals surface area (Å²) in [7, 11) is 1.56. The normalized spacial score (nSPS) is 21.2. The predicted molar refractivity (Wildman–Crippen MR) is 49.5 cm³/mol. The molecule has 5 nitrogen and oxygen atoms in total.